The van der Waals surface area contributed by atoms with Crippen LogP contribution in [-0.2, 0) is 4.79 Å². The number of hydrogen-bond donors (Lipinski definition) is 0. The zero-order valence-electron chi connectivity index (χ0n) is 8.13. The van der Waals surface area contributed by atoms with Crippen LogP contribution in [-0.4, -0.2) is 12.0 Å². The number of Topliss-reactive ketones (excluding diaryl/α,β-unsaturated/α-hetero) is 1. The summed E-state index contributed by atoms with van der Waals surface area (Å²) in [7, 11) is 0. The van der Waals surface area contributed by atoms with Gasteiger partial charge in [-0.3, -0.25) is 4.79 Å². The van der Waals surface area contributed by atoms with Crippen LogP contribution in [0.5, 0.6) is 0 Å². The van der Waals surface area contributed by atoms with E-state index in [1.165, 1.54) is 6.42 Å². The molecule has 0 N–H and O–H groups in total. The molecule has 4 atom stereocenters. The van der Waals surface area contributed by atoms with Crippen molar-refractivity contribution in [3.8, 4) is 0 Å². The third-order valence-electron chi connectivity index (χ3n) is 3.82. The van der Waals surface area contributed by atoms with Crippen LogP contribution in [0.1, 0.15) is 39.0 Å². The molecule has 74 valence electrons. The molecule has 2 heteroatoms. The second-order valence-corrected chi connectivity index (χ2v) is 4.59. The van der Waals surface area contributed by atoms with Crippen molar-refractivity contribution in [2.75, 3.05) is 0 Å². The van der Waals surface area contributed by atoms with Crippen LogP contribution in [0.3, 0.4) is 0 Å². The van der Waals surface area contributed by atoms with Gasteiger partial charge in [0, 0.05) is 11.8 Å². The number of hydrogen-bond acceptors (Lipinski definition) is 1. The van der Waals surface area contributed by atoms with Gasteiger partial charge in [0.1, 0.15) is 12.0 Å². The first kappa shape index (κ1) is 9.17. The van der Waals surface area contributed by atoms with Crippen LogP contribution >= 0.6 is 0 Å². The molecule has 0 heterocycles. The lowest BCUT2D eigenvalue weighted by atomic mass is 9.64. The van der Waals surface area contributed by atoms with Gasteiger partial charge in [0.2, 0.25) is 0 Å². The molecule has 0 bridgehead atoms. The highest BCUT2D eigenvalue weighted by molar-refractivity contribution is 5.78. The van der Waals surface area contributed by atoms with E-state index >= 15 is 0 Å². The maximum absolute atomic E-state index is 13.3. The Labute approximate surface area is 78.7 Å². The van der Waals surface area contributed by atoms with Crippen LogP contribution < -0.4 is 0 Å². The largest absolute Gasteiger partial charge is 0.300 e. The molecule has 13 heavy (non-hydrogen) atoms. The molecule has 0 aliphatic heterocycles. The Morgan fingerprint density at radius 2 is 2.00 bits per heavy atom. The van der Waals surface area contributed by atoms with Crippen molar-refractivity contribution in [1.29, 1.82) is 0 Å². The minimum absolute atomic E-state index is 0.0382. The van der Waals surface area contributed by atoms with Gasteiger partial charge in [0.25, 0.3) is 0 Å². The molecular weight excluding hydrogens is 167 g/mol. The average Bonchev–Trinajstić information content (AvgIpc) is 2.22. The maximum Gasteiger partial charge on any atom is 0.133 e. The lowest BCUT2D eigenvalue weighted by Gasteiger charge is -2.42. The lowest BCUT2D eigenvalue weighted by molar-refractivity contribution is -0.128. The van der Waals surface area contributed by atoms with Crippen molar-refractivity contribution >= 4 is 5.78 Å². The predicted octanol–water partition coefficient (Wildman–Crippen LogP) is 2.74. The van der Waals surface area contributed by atoms with E-state index in [-0.39, 0.29) is 17.6 Å². The maximum atomic E-state index is 13.3. The van der Waals surface area contributed by atoms with Crippen LogP contribution in [0.2, 0.25) is 0 Å². The molecule has 0 amide bonds. The van der Waals surface area contributed by atoms with Crippen LogP contribution in [0.25, 0.3) is 0 Å². The molecule has 2 saturated carbocycles. The SMILES string of the molecule is CC(=O)[C@@H]1CCCCC2C[C@@H](F)C21. The van der Waals surface area contributed by atoms with E-state index in [0.29, 0.717) is 12.3 Å². The molecule has 2 fully saturated rings. The fraction of sp³-hybridized carbons (Fsp3) is 0.909. The lowest BCUT2D eigenvalue weighted by Crippen LogP contribution is -2.44. The van der Waals surface area contributed by atoms with E-state index in [4.69, 9.17) is 0 Å². The zero-order chi connectivity index (χ0) is 9.42. The second-order valence-electron chi connectivity index (χ2n) is 4.59. The number of carbonyl (C=O) groups excluding carboxylic acids is 1. The summed E-state index contributed by atoms with van der Waals surface area (Å²) in [6.07, 6.45) is 4.42. The summed E-state index contributed by atoms with van der Waals surface area (Å²) in [4.78, 5) is 11.3. The number of alkyl halides is 1. The quantitative estimate of drug-likeness (QED) is 0.612. The molecule has 0 radical (unpaired) electrons. The summed E-state index contributed by atoms with van der Waals surface area (Å²) in [6.45, 7) is 1.62. The number of halogens is 1. The Hall–Kier alpha value is -0.400. The van der Waals surface area contributed by atoms with E-state index < -0.39 is 6.17 Å². The summed E-state index contributed by atoms with van der Waals surface area (Å²) in [5, 5.41) is 0. The number of fused-ring (bicyclic) bond motifs is 1. The molecule has 0 aromatic carbocycles. The summed E-state index contributed by atoms with van der Waals surface area (Å²) in [5.74, 6) is 0.849. The molecule has 0 spiro atoms. The molecule has 0 aromatic heterocycles. The van der Waals surface area contributed by atoms with E-state index in [9.17, 15) is 9.18 Å². The van der Waals surface area contributed by atoms with E-state index in [0.717, 1.165) is 19.3 Å². The standard InChI is InChI=1S/C11H17FO/c1-7(13)9-5-3-2-4-8-6-10(12)11(8)9/h8-11H,2-6H2,1H3/t8?,9-,10+,11?/m0/s1. The van der Waals surface area contributed by atoms with Gasteiger partial charge in [0.05, 0.1) is 0 Å². The average molecular weight is 184 g/mol. The Kier molecular flexibility index (Phi) is 2.39. The molecular formula is C11H17FO. The normalized spacial score (nSPS) is 44.5. The van der Waals surface area contributed by atoms with E-state index in [2.05, 4.69) is 0 Å². The van der Waals surface area contributed by atoms with Gasteiger partial charge in [0.15, 0.2) is 0 Å². The minimum Gasteiger partial charge on any atom is -0.300 e. The highest BCUT2D eigenvalue weighted by Gasteiger charge is 2.47. The first-order valence-corrected chi connectivity index (χ1v) is 5.34. The van der Waals surface area contributed by atoms with Crippen LogP contribution in [0.15, 0.2) is 0 Å². The molecule has 2 unspecified atom stereocenters. The molecule has 1 nitrogen and oxygen atoms in total. The fourth-order valence-electron chi connectivity index (χ4n) is 3.03. The van der Waals surface area contributed by atoms with E-state index in [1.54, 1.807) is 6.92 Å². The molecule has 2 rings (SSSR count). The summed E-state index contributed by atoms with van der Waals surface area (Å²) >= 11 is 0. The van der Waals surface area contributed by atoms with Crippen molar-refractivity contribution in [1.82, 2.24) is 0 Å². The van der Waals surface area contributed by atoms with Gasteiger partial charge in [-0.15, -0.1) is 0 Å². The molecule has 2 aliphatic rings. The zero-order valence-corrected chi connectivity index (χ0v) is 8.13. The van der Waals surface area contributed by atoms with Gasteiger partial charge >= 0.3 is 0 Å². The van der Waals surface area contributed by atoms with Crippen molar-refractivity contribution in [3.63, 3.8) is 0 Å². The molecule has 0 saturated heterocycles. The summed E-state index contributed by atoms with van der Waals surface area (Å²) in [5.41, 5.74) is 0. The van der Waals surface area contributed by atoms with Gasteiger partial charge in [-0.25, -0.2) is 4.39 Å². The van der Waals surface area contributed by atoms with Gasteiger partial charge in [-0.1, -0.05) is 12.8 Å². The third-order valence-corrected chi connectivity index (χ3v) is 3.82. The van der Waals surface area contributed by atoms with Crippen LogP contribution in [0, 0.1) is 17.8 Å². The van der Waals surface area contributed by atoms with Gasteiger partial charge in [-0.2, -0.15) is 0 Å². The van der Waals surface area contributed by atoms with E-state index in [1.807, 2.05) is 0 Å². The minimum atomic E-state index is -0.683. The topological polar surface area (TPSA) is 17.1 Å². The monoisotopic (exact) mass is 184 g/mol. The highest BCUT2D eigenvalue weighted by Crippen LogP contribution is 2.48. The van der Waals surface area contributed by atoms with Crippen LogP contribution in [0.4, 0.5) is 4.39 Å². The fourth-order valence-corrected chi connectivity index (χ4v) is 3.03. The second kappa shape index (κ2) is 3.39. The predicted molar refractivity (Wildman–Crippen MR) is 49.1 cm³/mol. The van der Waals surface area contributed by atoms with Gasteiger partial charge < -0.3 is 0 Å². The number of carbonyl (C=O) groups is 1. The Morgan fingerprint density at radius 1 is 1.31 bits per heavy atom. The van der Waals surface area contributed by atoms with Gasteiger partial charge in [-0.05, 0) is 32.1 Å². The Balaban J connectivity index is 2.10. The highest BCUT2D eigenvalue weighted by atomic mass is 19.1. The van der Waals surface area contributed by atoms with Crippen molar-refractivity contribution in [2.24, 2.45) is 17.8 Å². The van der Waals surface area contributed by atoms with Crippen molar-refractivity contribution in [2.45, 2.75) is 45.2 Å². The molecule has 0 aromatic rings. The smallest absolute Gasteiger partial charge is 0.133 e. The van der Waals surface area contributed by atoms with Crippen molar-refractivity contribution in [3.05, 3.63) is 0 Å². The first-order chi connectivity index (χ1) is 6.20. The third kappa shape index (κ3) is 1.51. The first-order valence-electron chi connectivity index (χ1n) is 5.34. The van der Waals surface area contributed by atoms with Crippen molar-refractivity contribution < 1.29 is 9.18 Å². The Morgan fingerprint density at radius 3 is 2.62 bits per heavy atom. The molecule has 2 aliphatic carbocycles. The Bertz CT molecular complexity index is 214. The summed E-state index contributed by atoms with van der Waals surface area (Å²) < 4.78 is 13.3. The number of rotatable bonds is 1. The number of ketones is 1. The summed E-state index contributed by atoms with van der Waals surface area (Å²) in [6, 6.07) is 0.